The Labute approximate surface area is 295 Å². The second kappa shape index (κ2) is 13.6. The number of anilines is 2. The molecule has 7 rings (SSSR count). The lowest BCUT2D eigenvalue weighted by Crippen LogP contribution is -2.35. The van der Waals surface area contributed by atoms with Gasteiger partial charge in [0.2, 0.25) is 5.91 Å². The van der Waals surface area contributed by atoms with Crippen LogP contribution < -0.4 is 15.4 Å². The SMILES string of the molecule is C=C1CC2C=Nc3cc(OCCCC(=O)Nc4cc(C(=C)Nc5ccc(-c6nc7ccc(C(C)=O)cc7[nH]6)cc5)n(C)c4)c(C)cc3C(=O)N2C1. The molecular weight excluding hydrogens is 642 g/mol. The van der Waals surface area contributed by atoms with E-state index in [-0.39, 0.29) is 30.1 Å². The molecular formula is C40H39N7O4. The average molecular weight is 682 g/mol. The number of carbonyl (C=O) groups is 3. The van der Waals surface area contributed by atoms with Crippen molar-refractivity contribution in [2.75, 3.05) is 23.8 Å². The van der Waals surface area contributed by atoms with Gasteiger partial charge in [0, 0.05) is 55.3 Å². The lowest BCUT2D eigenvalue weighted by molar-refractivity contribution is -0.116. The summed E-state index contributed by atoms with van der Waals surface area (Å²) < 4.78 is 7.93. The molecule has 2 amide bonds. The summed E-state index contributed by atoms with van der Waals surface area (Å²) >= 11 is 0. The maximum atomic E-state index is 13.2. The van der Waals surface area contributed by atoms with E-state index in [1.54, 1.807) is 13.0 Å². The second-order valence-electron chi connectivity index (χ2n) is 13.1. The lowest BCUT2D eigenvalue weighted by atomic mass is 10.1. The number of hydrogen-bond acceptors (Lipinski definition) is 7. The van der Waals surface area contributed by atoms with Crippen molar-refractivity contribution in [1.29, 1.82) is 0 Å². The first kappa shape index (κ1) is 33.3. The number of nitrogens with zero attached hydrogens (tertiary/aromatic N) is 4. The molecule has 258 valence electrons. The summed E-state index contributed by atoms with van der Waals surface area (Å²) in [6.07, 6.45) is 5.19. The molecule has 0 aliphatic carbocycles. The summed E-state index contributed by atoms with van der Waals surface area (Å²) in [6.45, 7) is 12.6. The van der Waals surface area contributed by atoms with E-state index in [0.717, 1.165) is 51.4 Å². The van der Waals surface area contributed by atoms with Crippen LogP contribution in [0.3, 0.4) is 0 Å². The number of imidazole rings is 1. The Morgan fingerprint density at radius 3 is 2.65 bits per heavy atom. The normalized spacial score (nSPS) is 15.0. The summed E-state index contributed by atoms with van der Waals surface area (Å²) in [6, 6.07) is 18.7. The van der Waals surface area contributed by atoms with Gasteiger partial charge >= 0.3 is 0 Å². The molecule has 4 heterocycles. The van der Waals surface area contributed by atoms with Crippen molar-refractivity contribution < 1.29 is 19.1 Å². The van der Waals surface area contributed by atoms with Crippen molar-refractivity contribution in [1.82, 2.24) is 19.4 Å². The van der Waals surface area contributed by atoms with Gasteiger partial charge in [-0.05, 0) is 86.8 Å². The van der Waals surface area contributed by atoms with Gasteiger partial charge in [0.25, 0.3) is 5.91 Å². The van der Waals surface area contributed by atoms with Crippen molar-refractivity contribution in [2.45, 2.75) is 39.2 Å². The maximum Gasteiger partial charge on any atom is 0.256 e. The molecule has 1 fully saturated rings. The van der Waals surface area contributed by atoms with Gasteiger partial charge in [0.15, 0.2) is 5.78 Å². The molecule has 1 saturated heterocycles. The van der Waals surface area contributed by atoms with E-state index in [9.17, 15) is 14.4 Å². The largest absolute Gasteiger partial charge is 0.493 e. The molecule has 0 radical (unpaired) electrons. The van der Waals surface area contributed by atoms with Crippen molar-refractivity contribution in [3.8, 4) is 17.1 Å². The number of rotatable bonds is 11. The number of Topliss-reactive ketones (excluding diaryl/α,β-unsaturated/α-hetero) is 1. The number of aryl methyl sites for hydroxylation is 2. The Morgan fingerprint density at radius 1 is 1.06 bits per heavy atom. The zero-order valence-electron chi connectivity index (χ0n) is 28.9. The number of hydrogen-bond donors (Lipinski definition) is 3. The number of ether oxygens (including phenoxy) is 1. The lowest BCUT2D eigenvalue weighted by Gasteiger charge is -2.20. The van der Waals surface area contributed by atoms with Gasteiger partial charge in [0.05, 0.1) is 52.0 Å². The van der Waals surface area contributed by atoms with E-state index in [2.05, 4.69) is 38.8 Å². The molecule has 2 aliphatic rings. The van der Waals surface area contributed by atoms with E-state index in [0.29, 0.717) is 53.5 Å². The number of aromatic nitrogens is 3. The Balaban J connectivity index is 0.904. The summed E-state index contributed by atoms with van der Waals surface area (Å²) in [7, 11) is 1.90. The zero-order valence-corrected chi connectivity index (χ0v) is 28.9. The highest BCUT2D eigenvalue weighted by Crippen LogP contribution is 2.35. The van der Waals surface area contributed by atoms with E-state index < -0.39 is 0 Å². The predicted molar refractivity (Wildman–Crippen MR) is 201 cm³/mol. The van der Waals surface area contributed by atoms with Crippen LogP contribution in [0.1, 0.15) is 58.2 Å². The molecule has 1 unspecified atom stereocenters. The van der Waals surface area contributed by atoms with E-state index >= 15 is 0 Å². The summed E-state index contributed by atoms with van der Waals surface area (Å²) in [5, 5.41) is 6.32. The number of amides is 2. The molecule has 0 bridgehead atoms. The summed E-state index contributed by atoms with van der Waals surface area (Å²) in [4.78, 5) is 52.1. The molecule has 2 aromatic heterocycles. The Bertz CT molecular complexity index is 2260. The number of ketones is 1. The van der Waals surface area contributed by atoms with Crippen LogP contribution in [0.4, 0.5) is 17.1 Å². The fourth-order valence-corrected chi connectivity index (χ4v) is 6.50. The van der Waals surface area contributed by atoms with Gasteiger partial charge in [0.1, 0.15) is 11.6 Å². The van der Waals surface area contributed by atoms with Crippen LogP contribution in [-0.4, -0.2) is 62.4 Å². The second-order valence-corrected chi connectivity index (χ2v) is 13.1. The molecule has 11 nitrogen and oxygen atoms in total. The highest BCUT2D eigenvalue weighted by Gasteiger charge is 2.33. The fourth-order valence-electron chi connectivity index (χ4n) is 6.50. The first-order valence-corrected chi connectivity index (χ1v) is 16.9. The van der Waals surface area contributed by atoms with Crippen molar-refractivity contribution >= 4 is 57.6 Å². The smallest absolute Gasteiger partial charge is 0.256 e. The number of H-pyrrole nitrogens is 1. The number of fused-ring (bicyclic) bond motifs is 3. The van der Waals surface area contributed by atoms with Crippen LogP contribution in [-0.2, 0) is 11.8 Å². The van der Waals surface area contributed by atoms with Crippen LogP contribution >= 0.6 is 0 Å². The van der Waals surface area contributed by atoms with Crippen LogP contribution in [0, 0.1) is 6.92 Å². The van der Waals surface area contributed by atoms with Crippen molar-refractivity contribution in [3.05, 3.63) is 108 Å². The molecule has 1 atom stereocenters. The molecule has 3 N–H and O–H groups in total. The van der Waals surface area contributed by atoms with Crippen molar-refractivity contribution in [2.24, 2.45) is 12.0 Å². The number of aromatic amines is 1. The molecule has 3 aromatic carbocycles. The van der Waals surface area contributed by atoms with Gasteiger partial charge in [-0.2, -0.15) is 0 Å². The number of benzene rings is 3. The Morgan fingerprint density at radius 2 is 1.86 bits per heavy atom. The van der Waals surface area contributed by atoms with Gasteiger partial charge < -0.3 is 29.8 Å². The van der Waals surface area contributed by atoms with Crippen LogP contribution in [0.25, 0.3) is 28.1 Å². The van der Waals surface area contributed by atoms with Gasteiger partial charge in [-0.3, -0.25) is 19.4 Å². The van der Waals surface area contributed by atoms with Gasteiger partial charge in [-0.1, -0.05) is 18.7 Å². The topological polar surface area (TPSA) is 134 Å². The third-order valence-corrected chi connectivity index (χ3v) is 9.21. The number of nitrogens with one attached hydrogen (secondary N) is 3. The van der Waals surface area contributed by atoms with Gasteiger partial charge in [-0.25, -0.2) is 4.98 Å². The summed E-state index contributed by atoms with van der Waals surface area (Å²) in [5.41, 5.74) is 9.21. The predicted octanol–water partition coefficient (Wildman–Crippen LogP) is 7.45. The third kappa shape index (κ3) is 6.96. The average Bonchev–Trinajstić information content (AvgIpc) is 3.79. The Kier molecular flexibility index (Phi) is 8.86. The first-order valence-electron chi connectivity index (χ1n) is 16.9. The monoisotopic (exact) mass is 681 g/mol. The van der Waals surface area contributed by atoms with E-state index in [1.807, 2.05) is 90.4 Å². The maximum absolute atomic E-state index is 13.2. The number of carbonyl (C=O) groups excluding carboxylic acids is 3. The molecule has 5 aromatic rings. The Hall–Kier alpha value is -6.23. The fraction of sp³-hybridized carbons (Fsp3) is 0.225. The molecule has 0 spiro atoms. The molecule has 51 heavy (non-hydrogen) atoms. The first-order chi connectivity index (χ1) is 24.5. The molecule has 0 saturated carbocycles. The highest BCUT2D eigenvalue weighted by atomic mass is 16.5. The van der Waals surface area contributed by atoms with Crippen LogP contribution in [0.2, 0.25) is 0 Å². The van der Waals surface area contributed by atoms with Crippen LogP contribution in [0.15, 0.2) is 90.6 Å². The van der Waals surface area contributed by atoms with Crippen molar-refractivity contribution in [3.63, 3.8) is 0 Å². The van der Waals surface area contributed by atoms with E-state index in [1.165, 1.54) is 0 Å². The quantitative estimate of drug-likeness (QED) is 0.0754. The minimum Gasteiger partial charge on any atom is -0.493 e. The molecule has 11 heteroatoms. The summed E-state index contributed by atoms with van der Waals surface area (Å²) in [5.74, 6) is 1.22. The van der Waals surface area contributed by atoms with E-state index in [4.69, 9.17) is 4.74 Å². The standard InChI is InChI=1S/C40H39N7O4/c1-23-15-31-20-41-34-19-37(24(2)16-32(34)40(50)47(31)21-23)51-14-6-7-38(49)43-30-18-36(46(5)22-30)25(3)42-29-11-8-27(9-12-29)39-44-33-13-10-28(26(4)48)17-35(33)45-39/h8-13,16-20,22,31,42H,1,3,6-7,14-15,21H2,2,4-5H3,(H,43,49)(H,44,45). The minimum atomic E-state index is -0.121. The minimum absolute atomic E-state index is 0.00967. The number of aliphatic imine (C=N–C) groups is 1. The zero-order chi connectivity index (χ0) is 35.8. The van der Waals surface area contributed by atoms with Crippen LogP contribution in [0.5, 0.6) is 5.75 Å². The molecule has 2 aliphatic heterocycles. The van der Waals surface area contributed by atoms with Gasteiger partial charge in [-0.15, -0.1) is 0 Å². The third-order valence-electron chi connectivity index (χ3n) is 9.21. The highest BCUT2D eigenvalue weighted by molar-refractivity contribution is 6.03.